The van der Waals surface area contributed by atoms with E-state index >= 15 is 0 Å². The van der Waals surface area contributed by atoms with Crippen molar-refractivity contribution >= 4 is 17.9 Å². The van der Waals surface area contributed by atoms with Gasteiger partial charge in [0.2, 0.25) is 0 Å². The van der Waals surface area contributed by atoms with E-state index < -0.39 is 29.0 Å². The summed E-state index contributed by atoms with van der Waals surface area (Å²) >= 11 is 0. The molecule has 1 rings (SSSR count). The fourth-order valence-corrected chi connectivity index (χ4v) is 1.74. The van der Waals surface area contributed by atoms with Gasteiger partial charge in [-0.25, -0.2) is 9.59 Å². The Kier molecular flexibility index (Phi) is 6.28. The molecule has 0 fully saturated rings. The number of nitriles is 1. The van der Waals surface area contributed by atoms with E-state index in [0.29, 0.717) is 0 Å². The first-order valence-electron chi connectivity index (χ1n) is 7.58. The minimum Gasteiger partial charge on any atom is -0.459 e. The van der Waals surface area contributed by atoms with Crippen molar-refractivity contribution in [2.75, 3.05) is 5.32 Å². The van der Waals surface area contributed by atoms with Gasteiger partial charge >= 0.3 is 17.8 Å². The second kappa shape index (κ2) is 7.79. The molecule has 1 amide bonds. The molecule has 0 aliphatic heterocycles. The van der Waals surface area contributed by atoms with Crippen LogP contribution in [0.1, 0.15) is 41.0 Å². The number of nitrogens with zero attached hydrogens (tertiary/aromatic N) is 3. The van der Waals surface area contributed by atoms with Crippen molar-refractivity contribution in [3.63, 3.8) is 0 Å². The summed E-state index contributed by atoms with van der Waals surface area (Å²) in [5.74, 6) is -0.599. The zero-order valence-corrected chi connectivity index (χ0v) is 15.0. The second-order valence-corrected chi connectivity index (χ2v) is 6.92. The molecule has 0 aliphatic rings. The van der Waals surface area contributed by atoms with Crippen molar-refractivity contribution in [1.82, 2.24) is 9.55 Å². The van der Waals surface area contributed by atoms with E-state index in [1.165, 1.54) is 12.3 Å². The first-order chi connectivity index (χ1) is 11.4. The van der Waals surface area contributed by atoms with Crippen LogP contribution >= 0.6 is 0 Å². The summed E-state index contributed by atoms with van der Waals surface area (Å²) in [6.45, 7) is 8.04. The van der Waals surface area contributed by atoms with E-state index in [1.54, 1.807) is 34.6 Å². The number of nitrogens with one attached hydrogen (secondary N) is 1. The summed E-state index contributed by atoms with van der Waals surface area (Å²) in [5.41, 5.74) is -2.35. The number of hydrogen-bond donors (Lipinski definition) is 1. The first kappa shape index (κ1) is 20.2. The van der Waals surface area contributed by atoms with Gasteiger partial charge in [0.25, 0.3) is 0 Å². The highest BCUT2D eigenvalue weighted by atomic mass is 16.6. The lowest BCUT2D eigenvalue weighted by Gasteiger charge is -2.21. The summed E-state index contributed by atoms with van der Waals surface area (Å²) in [5, 5.41) is 11.0. The fourth-order valence-electron chi connectivity index (χ4n) is 1.74. The molecule has 1 aromatic heterocycles. The molecular formula is C16H22N4O5. The molecule has 1 heterocycles. The topological polar surface area (TPSA) is 123 Å². The Morgan fingerprint density at radius 2 is 1.92 bits per heavy atom. The number of rotatable bonds is 5. The molecule has 1 aromatic rings. The summed E-state index contributed by atoms with van der Waals surface area (Å²) in [6, 6.07) is 3.26. The van der Waals surface area contributed by atoms with Crippen LogP contribution in [0.3, 0.4) is 0 Å². The summed E-state index contributed by atoms with van der Waals surface area (Å²) in [7, 11) is 0. The minimum absolute atomic E-state index is 0.0192. The van der Waals surface area contributed by atoms with Gasteiger partial charge in [-0.2, -0.15) is 10.2 Å². The maximum atomic E-state index is 11.9. The van der Waals surface area contributed by atoms with Crippen molar-refractivity contribution in [3.8, 4) is 6.07 Å². The monoisotopic (exact) mass is 350 g/mol. The Bertz CT molecular complexity index is 740. The van der Waals surface area contributed by atoms with Crippen molar-refractivity contribution in [2.45, 2.75) is 58.8 Å². The van der Waals surface area contributed by atoms with Crippen LogP contribution in [0.2, 0.25) is 0 Å². The van der Waals surface area contributed by atoms with Crippen LogP contribution in [-0.4, -0.2) is 32.8 Å². The quantitative estimate of drug-likeness (QED) is 0.803. The highest BCUT2D eigenvalue weighted by Crippen LogP contribution is 2.14. The zero-order chi connectivity index (χ0) is 19.3. The molecule has 136 valence electrons. The molecule has 9 nitrogen and oxygen atoms in total. The number of esters is 1. The van der Waals surface area contributed by atoms with Crippen molar-refractivity contribution in [3.05, 3.63) is 22.7 Å². The van der Waals surface area contributed by atoms with Gasteiger partial charge in [0.15, 0.2) is 0 Å². The molecule has 0 aromatic carbocycles. The predicted octanol–water partition coefficient (Wildman–Crippen LogP) is 1.83. The van der Waals surface area contributed by atoms with E-state index in [4.69, 9.17) is 14.7 Å². The number of carbonyl (C=O) groups excluding carboxylic acids is 2. The molecule has 9 heteroatoms. The zero-order valence-electron chi connectivity index (χ0n) is 15.0. The standard InChI is InChI=1S/C16H22N4O5/c1-15(2,3)24-12(21)10-20-9-6-11(18-13(20)22)19-14(23)25-16(4,5)7-8-17/h6,9H,7,10H2,1-5H3,(H,18,19,22,23). The van der Waals surface area contributed by atoms with E-state index in [9.17, 15) is 14.4 Å². The lowest BCUT2D eigenvalue weighted by Crippen LogP contribution is -2.33. The molecule has 0 atom stereocenters. The molecule has 0 radical (unpaired) electrons. The van der Waals surface area contributed by atoms with E-state index in [2.05, 4.69) is 10.3 Å². The predicted molar refractivity (Wildman–Crippen MR) is 88.8 cm³/mol. The third-order valence-electron chi connectivity index (χ3n) is 2.70. The Morgan fingerprint density at radius 1 is 1.28 bits per heavy atom. The van der Waals surface area contributed by atoms with Crippen LogP contribution in [0, 0.1) is 11.3 Å². The van der Waals surface area contributed by atoms with Gasteiger partial charge in [0.1, 0.15) is 23.6 Å². The van der Waals surface area contributed by atoms with Crippen LogP contribution in [0.15, 0.2) is 17.1 Å². The lowest BCUT2D eigenvalue weighted by molar-refractivity contribution is -0.155. The fraction of sp³-hybridized carbons (Fsp3) is 0.562. The largest absolute Gasteiger partial charge is 0.459 e. The van der Waals surface area contributed by atoms with Crippen LogP contribution < -0.4 is 11.0 Å². The van der Waals surface area contributed by atoms with Crippen LogP contribution in [0.25, 0.3) is 0 Å². The highest BCUT2D eigenvalue weighted by molar-refractivity contribution is 5.83. The van der Waals surface area contributed by atoms with Crippen LogP contribution in [-0.2, 0) is 20.8 Å². The van der Waals surface area contributed by atoms with Crippen molar-refractivity contribution in [2.24, 2.45) is 0 Å². The highest BCUT2D eigenvalue weighted by Gasteiger charge is 2.23. The molecule has 1 N–H and O–H groups in total. The van der Waals surface area contributed by atoms with Crippen molar-refractivity contribution in [1.29, 1.82) is 5.26 Å². The number of aromatic nitrogens is 2. The van der Waals surface area contributed by atoms with Crippen LogP contribution in [0.5, 0.6) is 0 Å². The SMILES string of the molecule is CC(C)(C)OC(=O)Cn1ccc(NC(=O)OC(C)(C)CC#N)nc1=O. The number of hydrogen-bond acceptors (Lipinski definition) is 7. The third kappa shape index (κ3) is 7.48. The Hall–Kier alpha value is -2.89. The molecule has 0 unspecified atom stereocenters. The minimum atomic E-state index is -0.968. The second-order valence-electron chi connectivity index (χ2n) is 6.92. The van der Waals surface area contributed by atoms with Crippen molar-refractivity contribution < 1.29 is 19.1 Å². The van der Waals surface area contributed by atoms with Gasteiger partial charge in [-0.3, -0.25) is 14.7 Å². The number of carbonyl (C=O) groups is 2. The van der Waals surface area contributed by atoms with E-state index in [1.807, 2.05) is 6.07 Å². The number of anilines is 1. The average Bonchev–Trinajstić information content (AvgIpc) is 2.38. The molecule has 0 saturated heterocycles. The Labute approximate surface area is 145 Å². The smallest absolute Gasteiger partial charge is 0.413 e. The molecule has 0 bridgehead atoms. The Morgan fingerprint density at radius 3 is 2.44 bits per heavy atom. The number of ether oxygens (including phenoxy) is 2. The molecule has 0 aliphatic carbocycles. The summed E-state index contributed by atoms with van der Waals surface area (Å²) in [6.07, 6.45) is 0.498. The van der Waals surface area contributed by atoms with Gasteiger partial charge in [-0.05, 0) is 40.7 Å². The van der Waals surface area contributed by atoms with Crippen LogP contribution in [0.4, 0.5) is 10.6 Å². The van der Waals surface area contributed by atoms with Gasteiger partial charge < -0.3 is 9.47 Å². The van der Waals surface area contributed by atoms with E-state index in [-0.39, 0.29) is 18.8 Å². The molecular weight excluding hydrogens is 328 g/mol. The van der Waals surface area contributed by atoms with Gasteiger partial charge in [0, 0.05) is 6.20 Å². The molecule has 0 spiro atoms. The lowest BCUT2D eigenvalue weighted by atomic mass is 10.1. The maximum Gasteiger partial charge on any atom is 0.413 e. The summed E-state index contributed by atoms with van der Waals surface area (Å²) in [4.78, 5) is 39.1. The van der Waals surface area contributed by atoms with Gasteiger partial charge in [-0.15, -0.1) is 0 Å². The average molecular weight is 350 g/mol. The summed E-state index contributed by atoms with van der Waals surface area (Å²) < 4.78 is 11.3. The van der Waals surface area contributed by atoms with Gasteiger partial charge in [-0.1, -0.05) is 0 Å². The number of amides is 1. The third-order valence-corrected chi connectivity index (χ3v) is 2.70. The Balaban J connectivity index is 2.73. The first-order valence-corrected chi connectivity index (χ1v) is 7.58. The van der Waals surface area contributed by atoms with Gasteiger partial charge in [0.05, 0.1) is 12.5 Å². The normalized spacial score (nSPS) is 11.4. The molecule has 25 heavy (non-hydrogen) atoms. The maximum absolute atomic E-state index is 11.9. The molecule has 0 saturated carbocycles. The van der Waals surface area contributed by atoms with E-state index in [0.717, 1.165) is 4.57 Å².